The Morgan fingerprint density at radius 1 is 0.917 bits per heavy atom. The lowest BCUT2D eigenvalue weighted by atomic mass is 9.67. The van der Waals surface area contributed by atoms with Crippen LogP contribution in [0.4, 0.5) is 0 Å². The average Bonchev–Trinajstić information content (AvgIpc) is 1.56. The van der Waals surface area contributed by atoms with Crippen molar-refractivity contribution in [3.05, 3.63) is 0 Å². The van der Waals surface area contributed by atoms with Gasteiger partial charge >= 0.3 is 0 Å². The highest BCUT2D eigenvalue weighted by atomic mass is 27.0. The Labute approximate surface area is 87.1 Å². The van der Waals surface area contributed by atoms with Gasteiger partial charge in [0.15, 0.2) is 17.4 Å². The molecule has 0 atom stereocenters. The lowest BCUT2D eigenvalue weighted by Crippen LogP contribution is -2.33. The summed E-state index contributed by atoms with van der Waals surface area (Å²) in [6, 6.07) is 0. The molecule has 0 bridgehead atoms. The van der Waals surface area contributed by atoms with Crippen molar-refractivity contribution < 1.29 is 4.79 Å². The molecule has 0 spiro atoms. The van der Waals surface area contributed by atoms with Gasteiger partial charge in [0.1, 0.15) is 6.29 Å². The lowest BCUT2D eigenvalue weighted by Gasteiger charge is -2.36. The number of hydrogen-bond acceptors (Lipinski definition) is 1. The molecule has 0 N–H and O–H groups in total. The van der Waals surface area contributed by atoms with Crippen LogP contribution in [-0.4, -0.2) is 23.6 Å². The standard InChI is InChI=1S/C10H20O.Al.3H/c1-9(2,3)8(7-11)10(4,5)6;;;;/h7-8H,1-6H3;;;;. The van der Waals surface area contributed by atoms with Gasteiger partial charge in [-0.1, -0.05) is 41.5 Å². The van der Waals surface area contributed by atoms with Crippen LogP contribution in [0.3, 0.4) is 0 Å². The van der Waals surface area contributed by atoms with Crippen molar-refractivity contribution in [3.8, 4) is 0 Å². The minimum Gasteiger partial charge on any atom is -0.303 e. The Hall–Kier alpha value is 0.202. The van der Waals surface area contributed by atoms with E-state index in [1.54, 1.807) is 0 Å². The van der Waals surface area contributed by atoms with E-state index >= 15 is 0 Å². The molecule has 0 aromatic rings. The Balaban J connectivity index is 0. The molecule has 0 unspecified atom stereocenters. The van der Waals surface area contributed by atoms with Crippen LogP contribution in [0.2, 0.25) is 0 Å². The zero-order valence-corrected chi connectivity index (χ0v) is 8.56. The second-order valence-corrected chi connectivity index (χ2v) is 5.35. The largest absolute Gasteiger partial charge is 0.303 e. The Bertz CT molecular complexity index is 125. The van der Waals surface area contributed by atoms with Crippen molar-refractivity contribution in [2.24, 2.45) is 16.7 Å². The van der Waals surface area contributed by atoms with Crippen molar-refractivity contribution in [1.29, 1.82) is 0 Å². The van der Waals surface area contributed by atoms with Crippen LogP contribution in [0.1, 0.15) is 41.5 Å². The van der Waals surface area contributed by atoms with E-state index in [2.05, 4.69) is 41.5 Å². The molecule has 0 aliphatic heterocycles. The average molecular weight is 186 g/mol. The first-order chi connectivity index (χ1) is 4.69. The number of hydrogen-bond donors (Lipinski definition) is 0. The summed E-state index contributed by atoms with van der Waals surface area (Å²) in [6.45, 7) is 12.7. The molecule has 0 saturated carbocycles. The number of carbonyl (C=O) groups excluding carboxylic acids is 1. The smallest absolute Gasteiger partial charge is 0.187 e. The second-order valence-electron chi connectivity index (χ2n) is 5.35. The number of rotatable bonds is 1. The highest BCUT2D eigenvalue weighted by Gasteiger charge is 2.34. The monoisotopic (exact) mass is 186 g/mol. The van der Waals surface area contributed by atoms with E-state index < -0.39 is 0 Å². The summed E-state index contributed by atoms with van der Waals surface area (Å²) in [5, 5.41) is 0. The maximum atomic E-state index is 10.8. The zero-order valence-electron chi connectivity index (χ0n) is 8.56. The van der Waals surface area contributed by atoms with Crippen LogP contribution < -0.4 is 0 Å². The quantitative estimate of drug-likeness (QED) is 0.450. The molecule has 0 aliphatic rings. The first-order valence-electron chi connectivity index (χ1n) is 4.15. The van der Waals surface area contributed by atoms with Gasteiger partial charge in [-0.2, -0.15) is 0 Å². The fourth-order valence-corrected chi connectivity index (χ4v) is 1.71. The maximum absolute atomic E-state index is 10.8. The Morgan fingerprint density at radius 3 is 1.17 bits per heavy atom. The van der Waals surface area contributed by atoms with E-state index in [0.29, 0.717) is 0 Å². The van der Waals surface area contributed by atoms with Crippen LogP contribution in [-0.2, 0) is 4.79 Å². The molecule has 0 aromatic carbocycles. The second kappa shape index (κ2) is 4.44. The van der Waals surface area contributed by atoms with Crippen molar-refractivity contribution in [2.45, 2.75) is 41.5 Å². The summed E-state index contributed by atoms with van der Waals surface area (Å²) in [6.07, 6.45) is 1.08. The molecule has 0 amide bonds. The molecular weight excluding hydrogens is 163 g/mol. The summed E-state index contributed by atoms with van der Waals surface area (Å²) < 4.78 is 0. The van der Waals surface area contributed by atoms with Crippen LogP contribution in [0.15, 0.2) is 0 Å². The zero-order chi connectivity index (χ0) is 9.28. The predicted octanol–water partition coefficient (Wildman–Crippen LogP) is 1.71. The molecule has 0 radical (unpaired) electrons. The molecule has 0 fully saturated rings. The predicted molar refractivity (Wildman–Crippen MR) is 58.4 cm³/mol. The van der Waals surface area contributed by atoms with Gasteiger partial charge in [0.25, 0.3) is 0 Å². The van der Waals surface area contributed by atoms with Gasteiger partial charge in [-0.3, -0.25) is 0 Å². The first kappa shape index (κ1) is 14.7. The third kappa shape index (κ3) is 4.28. The molecular formula is C10H23AlO. The molecule has 2 heteroatoms. The van der Waals surface area contributed by atoms with Crippen LogP contribution in [0, 0.1) is 16.7 Å². The third-order valence-corrected chi connectivity index (χ3v) is 2.00. The fourth-order valence-electron chi connectivity index (χ4n) is 1.71. The van der Waals surface area contributed by atoms with Crippen LogP contribution >= 0.6 is 0 Å². The van der Waals surface area contributed by atoms with Gasteiger partial charge in [0.2, 0.25) is 0 Å². The molecule has 0 saturated heterocycles. The Kier molecular flexibility index (Phi) is 5.45. The Morgan fingerprint density at radius 2 is 1.17 bits per heavy atom. The normalized spacial score (nSPS) is 12.6. The van der Waals surface area contributed by atoms with Crippen molar-refractivity contribution in [2.75, 3.05) is 0 Å². The summed E-state index contributed by atoms with van der Waals surface area (Å²) in [4.78, 5) is 10.8. The molecule has 0 rings (SSSR count). The molecule has 0 aliphatic carbocycles. The lowest BCUT2D eigenvalue weighted by molar-refractivity contribution is -0.118. The topological polar surface area (TPSA) is 17.1 Å². The summed E-state index contributed by atoms with van der Waals surface area (Å²) >= 11 is 0. The van der Waals surface area contributed by atoms with Gasteiger partial charge in [0.05, 0.1) is 0 Å². The highest BCUT2D eigenvalue weighted by molar-refractivity contribution is 5.75. The van der Waals surface area contributed by atoms with Crippen LogP contribution in [0.25, 0.3) is 0 Å². The summed E-state index contributed by atoms with van der Waals surface area (Å²) in [5.41, 5.74) is 0.167. The third-order valence-electron chi connectivity index (χ3n) is 2.00. The number of aldehydes is 1. The molecule has 0 aromatic heterocycles. The van der Waals surface area contributed by atoms with E-state index in [0.717, 1.165) is 6.29 Å². The van der Waals surface area contributed by atoms with Gasteiger partial charge in [-0.25, -0.2) is 0 Å². The van der Waals surface area contributed by atoms with Gasteiger partial charge in [-0.05, 0) is 10.8 Å². The molecule has 12 heavy (non-hydrogen) atoms. The molecule has 0 heterocycles. The van der Waals surface area contributed by atoms with Crippen LogP contribution in [0.5, 0.6) is 0 Å². The van der Waals surface area contributed by atoms with E-state index in [1.807, 2.05) is 0 Å². The van der Waals surface area contributed by atoms with Crippen molar-refractivity contribution in [3.63, 3.8) is 0 Å². The number of carbonyl (C=O) groups is 1. The van der Waals surface area contributed by atoms with Gasteiger partial charge in [0, 0.05) is 5.92 Å². The maximum Gasteiger partial charge on any atom is 0.187 e. The molecule has 72 valence electrons. The fraction of sp³-hybridized carbons (Fsp3) is 0.900. The van der Waals surface area contributed by atoms with E-state index in [-0.39, 0.29) is 34.1 Å². The van der Waals surface area contributed by atoms with E-state index in [1.165, 1.54) is 0 Å². The minimum absolute atomic E-state index is 0. The summed E-state index contributed by atoms with van der Waals surface area (Å²) in [5.74, 6) is 0.134. The van der Waals surface area contributed by atoms with Crippen molar-refractivity contribution in [1.82, 2.24) is 0 Å². The van der Waals surface area contributed by atoms with Gasteiger partial charge < -0.3 is 4.79 Å². The SMILES string of the molecule is CC(C)(C)C(C=O)C(C)(C)C.[AlH3]. The van der Waals surface area contributed by atoms with E-state index in [4.69, 9.17) is 0 Å². The minimum atomic E-state index is 0. The first-order valence-corrected chi connectivity index (χ1v) is 4.15. The van der Waals surface area contributed by atoms with Gasteiger partial charge in [-0.15, -0.1) is 0 Å². The highest BCUT2D eigenvalue weighted by Crippen LogP contribution is 2.37. The van der Waals surface area contributed by atoms with Crippen molar-refractivity contribution >= 4 is 23.6 Å². The molecule has 1 nitrogen and oxygen atoms in total. The van der Waals surface area contributed by atoms with E-state index in [9.17, 15) is 4.79 Å². The summed E-state index contributed by atoms with van der Waals surface area (Å²) in [7, 11) is 0.